The van der Waals surface area contributed by atoms with Gasteiger partial charge in [-0.05, 0) is 42.5 Å². The minimum atomic E-state index is -4.64. The zero-order valence-corrected chi connectivity index (χ0v) is 18.8. The number of rotatable bonds is 3. The normalized spacial score (nSPS) is 18.9. The van der Waals surface area contributed by atoms with Crippen LogP contribution >= 0.6 is 0 Å². The molecule has 2 aromatic carbocycles. The van der Waals surface area contributed by atoms with Crippen LogP contribution in [0.15, 0.2) is 60.8 Å². The molecule has 0 saturated carbocycles. The van der Waals surface area contributed by atoms with Gasteiger partial charge in [0, 0.05) is 37.7 Å². The summed E-state index contributed by atoms with van der Waals surface area (Å²) in [4.78, 5) is 14.8. The Kier molecular flexibility index (Phi) is 5.07. The summed E-state index contributed by atoms with van der Waals surface area (Å²) in [5.41, 5.74) is 0.433. The molecular formula is C26H23F3N2O4. The molecule has 0 bridgehead atoms. The number of ether oxygens (including phenoxy) is 3. The van der Waals surface area contributed by atoms with Gasteiger partial charge >= 0.3 is 6.18 Å². The summed E-state index contributed by atoms with van der Waals surface area (Å²) < 4.78 is 60.2. The third-order valence-electron chi connectivity index (χ3n) is 6.94. The molecule has 3 aromatic rings. The zero-order chi connectivity index (χ0) is 24.2. The van der Waals surface area contributed by atoms with Crippen LogP contribution in [0.3, 0.4) is 0 Å². The monoisotopic (exact) mass is 484 g/mol. The number of hydrogen-bond donors (Lipinski definition) is 0. The number of aromatic nitrogens is 1. The molecule has 6 nitrogen and oxygen atoms in total. The number of likely N-dealkylation sites (tertiary alicyclic amines) is 1. The summed E-state index contributed by atoms with van der Waals surface area (Å²) in [5.74, 6) is 0.0590. The van der Waals surface area contributed by atoms with Crippen LogP contribution in [0.1, 0.15) is 34.5 Å². The Balaban J connectivity index is 1.22. The Labute approximate surface area is 199 Å². The van der Waals surface area contributed by atoms with Gasteiger partial charge in [-0.1, -0.05) is 12.1 Å². The van der Waals surface area contributed by atoms with Crippen molar-refractivity contribution in [2.24, 2.45) is 0 Å². The van der Waals surface area contributed by atoms with Crippen LogP contribution < -0.4 is 9.47 Å². The second-order valence-corrected chi connectivity index (χ2v) is 9.11. The van der Waals surface area contributed by atoms with Crippen molar-refractivity contribution in [1.82, 2.24) is 9.47 Å². The van der Waals surface area contributed by atoms with Crippen molar-refractivity contribution < 1.29 is 32.2 Å². The molecule has 0 N–H and O–H groups in total. The van der Waals surface area contributed by atoms with E-state index in [1.54, 1.807) is 4.90 Å². The molecule has 35 heavy (non-hydrogen) atoms. The molecular weight excluding hydrogens is 461 g/mol. The Morgan fingerprint density at radius 1 is 1.03 bits per heavy atom. The highest BCUT2D eigenvalue weighted by Gasteiger charge is 2.45. The first-order chi connectivity index (χ1) is 16.8. The van der Waals surface area contributed by atoms with Crippen LogP contribution in [0.4, 0.5) is 13.2 Å². The maximum absolute atomic E-state index is 13.7. The van der Waals surface area contributed by atoms with E-state index in [0.717, 1.165) is 23.2 Å². The predicted octanol–water partition coefficient (Wildman–Crippen LogP) is 4.80. The number of carbonyl (C=O) groups is 1. The van der Waals surface area contributed by atoms with Gasteiger partial charge in [0.1, 0.15) is 17.6 Å². The second-order valence-electron chi connectivity index (χ2n) is 9.11. The first-order valence-electron chi connectivity index (χ1n) is 11.6. The SMILES string of the molecule is O=C(c1ccc(OC2COC2)c(C(F)(F)F)c1)N1CCC2(CC1)Oc1ccccc1-n1cccc12. The lowest BCUT2D eigenvalue weighted by Crippen LogP contribution is -2.50. The smallest absolute Gasteiger partial charge is 0.419 e. The van der Waals surface area contributed by atoms with Crippen LogP contribution in [0, 0.1) is 0 Å². The van der Waals surface area contributed by atoms with E-state index in [2.05, 4.69) is 4.57 Å². The van der Waals surface area contributed by atoms with Crippen LogP contribution in [-0.2, 0) is 16.5 Å². The van der Waals surface area contributed by atoms with E-state index in [-0.39, 0.29) is 24.5 Å². The number of para-hydroxylation sites is 2. The minimum absolute atomic E-state index is 0.0104. The van der Waals surface area contributed by atoms with E-state index in [9.17, 15) is 18.0 Å². The van der Waals surface area contributed by atoms with Crippen molar-refractivity contribution in [1.29, 1.82) is 0 Å². The van der Waals surface area contributed by atoms with Gasteiger partial charge in [0.2, 0.25) is 0 Å². The number of carbonyl (C=O) groups excluding carboxylic acids is 1. The molecule has 9 heteroatoms. The largest absolute Gasteiger partial charge is 0.485 e. The molecule has 1 spiro atoms. The molecule has 3 aliphatic heterocycles. The number of amides is 1. The van der Waals surface area contributed by atoms with Crippen molar-refractivity contribution >= 4 is 5.91 Å². The van der Waals surface area contributed by atoms with Gasteiger partial charge in [-0.15, -0.1) is 0 Å². The Morgan fingerprint density at radius 3 is 2.51 bits per heavy atom. The average molecular weight is 484 g/mol. The van der Waals surface area contributed by atoms with Crippen LogP contribution in [0.5, 0.6) is 11.5 Å². The van der Waals surface area contributed by atoms with Crippen molar-refractivity contribution in [2.45, 2.75) is 30.7 Å². The molecule has 3 aliphatic rings. The van der Waals surface area contributed by atoms with E-state index in [0.29, 0.717) is 25.9 Å². The van der Waals surface area contributed by atoms with Gasteiger partial charge in [-0.25, -0.2) is 0 Å². The van der Waals surface area contributed by atoms with Gasteiger partial charge < -0.3 is 23.7 Å². The molecule has 0 aliphatic carbocycles. The molecule has 182 valence electrons. The van der Waals surface area contributed by atoms with Crippen LogP contribution in [0.2, 0.25) is 0 Å². The van der Waals surface area contributed by atoms with Crippen molar-refractivity contribution in [3.63, 3.8) is 0 Å². The highest BCUT2D eigenvalue weighted by Crippen LogP contribution is 2.45. The highest BCUT2D eigenvalue weighted by atomic mass is 19.4. The van der Waals surface area contributed by atoms with Crippen LogP contribution in [0.25, 0.3) is 5.69 Å². The van der Waals surface area contributed by atoms with Gasteiger partial charge in [0.05, 0.1) is 30.2 Å². The van der Waals surface area contributed by atoms with Crippen molar-refractivity contribution in [2.75, 3.05) is 26.3 Å². The molecule has 1 amide bonds. The van der Waals surface area contributed by atoms with E-state index >= 15 is 0 Å². The average Bonchev–Trinajstić information content (AvgIpc) is 3.33. The van der Waals surface area contributed by atoms with Crippen molar-refractivity contribution in [3.05, 3.63) is 77.6 Å². The summed E-state index contributed by atoms with van der Waals surface area (Å²) in [6.07, 6.45) is -1.99. The topological polar surface area (TPSA) is 52.9 Å². The standard InChI is InChI=1S/C26H23F3N2O4/c27-26(28,29)19-14-17(7-8-21(19)34-18-15-33-16-18)24(32)30-12-9-25(10-13-30)23-6-3-11-31(23)20-4-1-2-5-22(20)35-25/h1-8,11,14,18H,9-10,12-13,15-16H2. The lowest BCUT2D eigenvalue weighted by atomic mass is 9.86. The first-order valence-corrected chi connectivity index (χ1v) is 11.6. The van der Waals surface area contributed by atoms with Gasteiger partial charge in [-0.2, -0.15) is 13.2 Å². The Bertz CT molecular complexity index is 1270. The third kappa shape index (κ3) is 3.74. The second kappa shape index (κ2) is 8.05. The fourth-order valence-electron chi connectivity index (χ4n) is 5.03. The molecule has 2 fully saturated rings. The fraction of sp³-hybridized carbons (Fsp3) is 0.346. The van der Waals surface area contributed by atoms with Crippen LogP contribution in [-0.4, -0.2) is 47.8 Å². The molecule has 0 atom stereocenters. The molecule has 0 radical (unpaired) electrons. The van der Waals surface area contributed by atoms with E-state index in [4.69, 9.17) is 14.2 Å². The molecule has 1 aromatic heterocycles. The lowest BCUT2D eigenvalue weighted by molar-refractivity contribution is -0.141. The molecule has 0 unspecified atom stereocenters. The summed E-state index contributed by atoms with van der Waals surface area (Å²) in [5, 5.41) is 0. The maximum atomic E-state index is 13.7. The predicted molar refractivity (Wildman–Crippen MR) is 120 cm³/mol. The lowest BCUT2D eigenvalue weighted by Gasteiger charge is -2.45. The number of halogens is 3. The highest BCUT2D eigenvalue weighted by molar-refractivity contribution is 5.94. The Hall–Kier alpha value is -3.46. The minimum Gasteiger partial charge on any atom is -0.485 e. The van der Waals surface area contributed by atoms with Gasteiger partial charge in [-0.3, -0.25) is 4.79 Å². The summed E-state index contributed by atoms with van der Waals surface area (Å²) in [6.45, 7) is 1.24. The van der Waals surface area contributed by atoms with E-state index in [1.165, 1.54) is 12.1 Å². The summed E-state index contributed by atoms with van der Waals surface area (Å²) in [6, 6.07) is 15.3. The first kappa shape index (κ1) is 22.0. The number of nitrogens with zero attached hydrogens (tertiary/aromatic N) is 2. The van der Waals surface area contributed by atoms with Gasteiger partial charge in [0.25, 0.3) is 5.91 Å². The number of hydrogen-bond acceptors (Lipinski definition) is 4. The molecule has 2 saturated heterocycles. The van der Waals surface area contributed by atoms with Crippen molar-refractivity contribution in [3.8, 4) is 17.2 Å². The fourth-order valence-corrected chi connectivity index (χ4v) is 5.03. The summed E-state index contributed by atoms with van der Waals surface area (Å²) in [7, 11) is 0. The third-order valence-corrected chi connectivity index (χ3v) is 6.94. The van der Waals surface area contributed by atoms with E-state index < -0.39 is 29.4 Å². The molecule has 4 heterocycles. The summed E-state index contributed by atoms with van der Waals surface area (Å²) >= 11 is 0. The maximum Gasteiger partial charge on any atom is 0.419 e. The number of alkyl halides is 3. The quantitative estimate of drug-likeness (QED) is 0.536. The number of benzene rings is 2. The van der Waals surface area contributed by atoms with E-state index in [1.807, 2.05) is 42.6 Å². The number of piperidine rings is 1. The zero-order valence-electron chi connectivity index (χ0n) is 18.8. The van der Waals surface area contributed by atoms with Gasteiger partial charge in [0.15, 0.2) is 5.60 Å². The number of fused-ring (bicyclic) bond motifs is 4. The Morgan fingerprint density at radius 2 is 1.80 bits per heavy atom. The molecule has 6 rings (SSSR count).